The molecule has 4 saturated carbocycles. The van der Waals surface area contributed by atoms with Crippen LogP contribution in [0.2, 0.25) is 0 Å². The maximum Gasteiger partial charge on any atom is -0.0292 e. The van der Waals surface area contributed by atoms with Gasteiger partial charge in [-0.25, -0.2) is 0 Å². The smallest absolute Gasteiger partial charge is 0.0292 e. The highest BCUT2D eigenvalue weighted by atomic mass is 14.5. The van der Waals surface area contributed by atoms with Crippen LogP contribution >= 0.6 is 0 Å². The minimum Gasteiger partial charge on any atom is -0.0654 e. The Morgan fingerprint density at radius 2 is 0.800 bits per heavy atom. The maximum absolute atomic E-state index is 2.35. The summed E-state index contributed by atoms with van der Waals surface area (Å²) in [4.78, 5) is 0. The molecule has 4 aliphatic carbocycles. The van der Waals surface area contributed by atoms with Crippen LogP contribution in [0.3, 0.4) is 0 Å². The van der Waals surface area contributed by atoms with E-state index in [1.807, 2.05) is 0 Å². The number of hydrogen-bond donors (Lipinski definition) is 0. The van der Waals surface area contributed by atoms with E-state index in [0.717, 1.165) is 40.9 Å². The van der Waals surface area contributed by atoms with Crippen molar-refractivity contribution in [3.05, 3.63) is 0 Å². The third-order valence-electron chi connectivity index (χ3n) is 13.2. The predicted octanol–water partition coefficient (Wildman–Crippen LogP) is 13.9. The molecule has 0 spiro atoms. The van der Waals surface area contributed by atoms with Crippen molar-refractivity contribution < 1.29 is 0 Å². The molecule has 0 heteroatoms. The highest BCUT2D eigenvalue weighted by Crippen LogP contribution is 2.54. The molecule has 4 aliphatic rings. The first-order valence-corrected chi connectivity index (χ1v) is 19.7. The van der Waals surface area contributed by atoms with Crippen molar-refractivity contribution in [3.63, 3.8) is 0 Å². The standard InChI is InChI=1S/C40H74/c1-3-5-7-9-12-16-34-20-24-36(25-21-34)32-40(30-28-39(29-31-40)38-18-14-11-15-19-38)33-37-26-22-35(23-27-37)17-13-10-8-6-4-2/h34-39H,3-33H2,1-2H3. The first-order valence-electron chi connectivity index (χ1n) is 19.7. The minimum atomic E-state index is 0.737. The van der Waals surface area contributed by atoms with Gasteiger partial charge in [-0.3, -0.25) is 0 Å². The van der Waals surface area contributed by atoms with Crippen LogP contribution in [0, 0.1) is 40.9 Å². The second-order valence-electron chi connectivity index (χ2n) is 16.3. The van der Waals surface area contributed by atoms with Gasteiger partial charge in [0.25, 0.3) is 0 Å². The van der Waals surface area contributed by atoms with E-state index in [4.69, 9.17) is 0 Å². The fourth-order valence-electron chi connectivity index (χ4n) is 10.6. The van der Waals surface area contributed by atoms with E-state index in [9.17, 15) is 0 Å². The molecule has 4 rings (SSSR count). The summed E-state index contributed by atoms with van der Waals surface area (Å²) in [5.74, 6) is 6.50. The first kappa shape index (κ1) is 32.9. The van der Waals surface area contributed by atoms with Crippen molar-refractivity contribution in [1.29, 1.82) is 0 Å². The summed E-state index contributed by atoms with van der Waals surface area (Å²) in [5, 5.41) is 0. The second kappa shape index (κ2) is 18.6. The monoisotopic (exact) mass is 555 g/mol. The maximum atomic E-state index is 2.35. The van der Waals surface area contributed by atoms with Gasteiger partial charge in [-0.2, -0.15) is 0 Å². The zero-order valence-corrected chi connectivity index (χ0v) is 27.9. The first-order chi connectivity index (χ1) is 19.7. The van der Waals surface area contributed by atoms with Crippen LogP contribution in [0.1, 0.15) is 213 Å². The van der Waals surface area contributed by atoms with Crippen LogP contribution in [0.15, 0.2) is 0 Å². The molecule has 0 radical (unpaired) electrons. The topological polar surface area (TPSA) is 0 Å². The number of hydrogen-bond acceptors (Lipinski definition) is 0. The van der Waals surface area contributed by atoms with Crippen LogP contribution in [-0.4, -0.2) is 0 Å². The van der Waals surface area contributed by atoms with Gasteiger partial charge in [0.2, 0.25) is 0 Å². The Hall–Kier alpha value is 0. The van der Waals surface area contributed by atoms with E-state index >= 15 is 0 Å². The SMILES string of the molecule is CCCCCCCC1CCC(CC2(CC3CCC(CCCCCCC)CC3)CCC(C3CCCCC3)CC2)CC1. The average Bonchev–Trinajstić information content (AvgIpc) is 2.99. The summed E-state index contributed by atoms with van der Waals surface area (Å²) >= 11 is 0. The molecule has 234 valence electrons. The molecule has 0 N–H and O–H groups in total. The molecule has 0 aliphatic heterocycles. The van der Waals surface area contributed by atoms with Crippen LogP contribution in [0.4, 0.5) is 0 Å². The molecule has 0 atom stereocenters. The Morgan fingerprint density at radius 3 is 1.25 bits per heavy atom. The summed E-state index contributed by atoms with van der Waals surface area (Å²) in [6.45, 7) is 4.69. The van der Waals surface area contributed by atoms with Crippen LogP contribution in [-0.2, 0) is 0 Å². The van der Waals surface area contributed by atoms with Crippen LogP contribution in [0.25, 0.3) is 0 Å². The molecule has 0 saturated heterocycles. The molecule has 4 fully saturated rings. The molecule has 40 heavy (non-hydrogen) atoms. The van der Waals surface area contributed by atoms with Gasteiger partial charge in [-0.1, -0.05) is 174 Å². The van der Waals surface area contributed by atoms with E-state index in [2.05, 4.69) is 13.8 Å². The van der Waals surface area contributed by atoms with Gasteiger partial charge in [-0.05, 0) is 79.4 Å². The van der Waals surface area contributed by atoms with Gasteiger partial charge in [0, 0.05) is 0 Å². The molecule has 0 aromatic heterocycles. The Bertz CT molecular complexity index is 566. The molecule has 0 bridgehead atoms. The molecular formula is C40H74. The van der Waals surface area contributed by atoms with E-state index < -0.39 is 0 Å². The summed E-state index contributed by atoms with van der Waals surface area (Å²) in [5.41, 5.74) is 0.737. The fourth-order valence-corrected chi connectivity index (χ4v) is 10.6. The average molecular weight is 555 g/mol. The van der Waals surface area contributed by atoms with Crippen LogP contribution < -0.4 is 0 Å². The van der Waals surface area contributed by atoms with Gasteiger partial charge >= 0.3 is 0 Å². The molecule has 0 amide bonds. The highest BCUT2D eigenvalue weighted by molar-refractivity contribution is 4.93. The number of rotatable bonds is 17. The zero-order chi connectivity index (χ0) is 27.9. The summed E-state index contributed by atoms with van der Waals surface area (Å²) in [7, 11) is 0. The molecule has 0 heterocycles. The van der Waals surface area contributed by atoms with E-state index in [-0.39, 0.29) is 0 Å². The van der Waals surface area contributed by atoms with Gasteiger partial charge in [0.1, 0.15) is 0 Å². The zero-order valence-electron chi connectivity index (χ0n) is 27.9. The van der Waals surface area contributed by atoms with Crippen molar-refractivity contribution in [2.75, 3.05) is 0 Å². The quantitative estimate of drug-likeness (QED) is 0.157. The van der Waals surface area contributed by atoms with Gasteiger partial charge in [0.15, 0.2) is 0 Å². The normalized spacial score (nSPS) is 34.2. The lowest BCUT2D eigenvalue weighted by Gasteiger charge is -2.48. The van der Waals surface area contributed by atoms with Crippen molar-refractivity contribution in [3.8, 4) is 0 Å². The second-order valence-corrected chi connectivity index (χ2v) is 16.3. The molecule has 0 aromatic carbocycles. The van der Waals surface area contributed by atoms with Crippen molar-refractivity contribution in [2.24, 2.45) is 40.9 Å². The van der Waals surface area contributed by atoms with Crippen LogP contribution in [0.5, 0.6) is 0 Å². The van der Waals surface area contributed by atoms with Crippen molar-refractivity contribution in [2.45, 2.75) is 213 Å². The van der Waals surface area contributed by atoms with Gasteiger partial charge in [-0.15, -0.1) is 0 Å². The molecule has 0 unspecified atom stereocenters. The highest BCUT2D eigenvalue weighted by Gasteiger charge is 2.41. The van der Waals surface area contributed by atoms with E-state index in [0.29, 0.717) is 0 Å². The third-order valence-corrected chi connectivity index (χ3v) is 13.2. The summed E-state index contributed by atoms with van der Waals surface area (Å²) in [6.07, 6.45) is 47.8. The molecule has 0 nitrogen and oxygen atoms in total. The fraction of sp³-hybridized carbons (Fsp3) is 1.00. The third kappa shape index (κ3) is 11.3. The van der Waals surface area contributed by atoms with Gasteiger partial charge in [0.05, 0.1) is 0 Å². The van der Waals surface area contributed by atoms with Crippen molar-refractivity contribution in [1.82, 2.24) is 0 Å². The lowest BCUT2D eigenvalue weighted by molar-refractivity contribution is 0.0376. The largest absolute Gasteiger partial charge is 0.0654 e. The Morgan fingerprint density at radius 1 is 0.400 bits per heavy atom. The lowest BCUT2D eigenvalue weighted by Crippen LogP contribution is -2.36. The Kier molecular flexibility index (Phi) is 15.3. The lowest BCUT2D eigenvalue weighted by atomic mass is 9.58. The Balaban J connectivity index is 1.23. The predicted molar refractivity (Wildman–Crippen MR) is 178 cm³/mol. The molecular weight excluding hydrogens is 480 g/mol. The minimum absolute atomic E-state index is 0.737. The molecule has 0 aromatic rings. The van der Waals surface area contributed by atoms with Gasteiger partial charge < -0.3 is 0 Å². The summed E-state index contributed by atoms with van der Waals surface area (Å²) < 4.78 is 0. The van der Waals surface area contributed by atoms with E-state index in [1.54, 1.807) is 116 Å². The number of unbranched alkanes of at least 4 members (excludes halogenated alkanes) is 8. The Labute approximate surface area is 253 Å². The van der Waals surface area contributed by atoms with E-state index in [1.165, 1.54) is 83.5 Å². The summed E-state index contributed by atoms with van der Waals surface area (Å²) in [6, 6.07) is 0. The van der Waals surface area contributed by atoms with Crippen molar-refractivity contribution >= 4 is 0 Å².